The second-order valence-corrected chi connectivity index (χ2v) is 4.41. The van der Waals surface area contributed by atoms with Crippen molar-refractivity contribution in [2.45, 2.75) is 0 Å². The fraction of sp³-hybridized carbons (Fsp3) is 0. The summed E-state index contributed by atoms with van der Waals surface area (Å²) in [6.45, 7) is 0. The van der Waals surface area contributed by atoms with Crippen LogP contribution in [0.2, 0.25) is 5.02 Å². The van der Waals surface area contributed by atoms with Gasteiger partial charge in [0.1, 0.15) is 0 Å². The number of aromatic carboxylic acids is 1. The van der Waals surface area contributed by atoms with Crippen LogP contribution in [0.3, 0.4) is 0 Å². The van der Waals surface area contributed by atoms with Gasteiger partial charge < -0.3 is 10.4 Å². The number of benzene rings is 1. The van der Waals surface area contributed by atoms with Crippen LogP contribution < -0.4 is 5.32 Å². The van der Waals surface area contributed by atoms with E-state index in [0.29, 0.717) is 10.6 Å². The van der Waals surface area contributed by atoms with Gasteiger partial charge in [-0.05, 0) is 18.2 Å². The van der Waals surface area contributed by atoms with Gasteiger partial charge >= 0.3 is 5.97 Å². The van der Waals surface area contributed by atoms with E-state index in [-0.39, 0.29) is 10.7 Å². The highest BCUT2D eigenvalue weighted by molar-refractivity contribution is 7.10. The molecule has 1 heterocycles. The molecule has 0 aliphatic carbocycles. The Hall–Kier alpha value is -1.99. The Morgan fingerprint density at radius 3 is 2.83 bits per heavy atom. The molecule has 1 amide bonds. The Labute approximate surface area is 110 Å². The van der Waals surface area contributed by atoms with Crippen LogP contribution in [0.1, 0.15) is 20.8 Å². The van der Waals surface area contributed by atoms with Crippen LogP contribution in [0, 0.1) is 0 Å². The van der Waals surface area contributed by atoms with E-state index in [1.807, 2.05) is 0 Å². The number of carbonyl (C=O) groups is 2. The third kappa shape index (κ3) is 2.63. The topological polar surface area (TPSA) is 92.2 Å². The van der Waals surface area contributed by atoms with Gasteiger partial charge in [-0.15, -0.1) is 5.10 Å². The van der Waals surface area contributed by atoms with Crippen molar-refractivity contribution >= 4 is 40.0 Å². The molecule has 1 aromatic carbocycles. The molecular formula is C10H6ClN3O3S. The Bertz CT molecular complexity index is 614. The molecule has 0 atom stereocenters. The minimum Gasteiger partial charge on any atom is -0.476 e. The van der Waals surface area contributed by atoms with Crippen LogP contribution in [0.25, 0.3) is 0 Å². The van der Waals surface area contributed by atoms with Crippen LogP contribution in [-0.2, 0) is 0 Å². The van der Waals surface area contributed by atoms with Crippen molar-refractivity contribution in [1.29, 1.82) is 0 Å². The maximum absolute atomic E-state index is 11.8. The molecule has 8 heteroatoms. The number of anilines is 1. The van der Waals surface area contributed by atoms with Gasteiger partial charge in [0.15, 0.2) is 5.00 Å². The second-order valence-electron chi connectivity index (χ2n) is 3.22. The van der Waals surface area contributed by atoms with Crippen LogP contribution in [-0.4, -0.2) is 26.6 Å². The number of carbonyl (C=O) groups excluding carboxylic acids is 1. The molecule has 2 rings (SSSR count). The van der Waals surface area contributed by atoms with Crippen molar-refractivity contribution in [3.05, 3.63) is 40.5 Å². The third-order valence-electron chi connectivity index (χ3n) is 2.00. The smallest absolute Gasteiger partial charge is 0.359 e. The first-order chi connectivity index (χ1) is 8.58. The molecule has 1 aromatic heterocycles. The maximum Gasteiger partial charge on any atom is 0.359 e. The summed E-state index contributed by atoms with van der Waals surface area (Å²) in [5, 5.41) is 15.2. The first kappa shape index (κ1) is 12.5. The van der Waals surface area contributed by atoms with E-state index >= 15 is 0 Å². The molecule has 6 nitrogen and oxygen atoms in total. The summed E-state index contributed by atoms with van der Waals surface area (Å²) in [5.74, 6) is -1.71. The van der Waals surface area contributed by atoms with E-state index in [0.717, 1.165) is 11.5 Å². The number of nitrogens with zero attached hydrogens (tertiary/aromatic N) is 2. The number of hydrogen-bond acceptors (Lipinski definition) is 5. The molecule has 0 radical (unpaired) electrons. The molecule has 0 fully saturated rings. The zero-order valence-corrected chi connectivity index (χ0v) is 10.3. The van der Waals surface area contributed by atoms with E-state index in [9.17, 15) is 9.59 Å². The number of amides is 1. The van der Waals surface area contributed by atoms with E-state index in [4.69, 9.17) is 16.7 Å². The van der Waals surface area contributed by atoms with Crippen molar-refractivity contribution < 1.29 is 14.7 Å². The average Bonchev–Trinajstić information content (AvgIpc) is 2.77. The molecule has 0 saturated heterocycles. The van der Waals surface area contributed by atoms with Crippen LogP contribution >= 0.6 is 23.1 Å². The van der Waals surface area contributed by atoms with Gasteiger partial charge in [0.2, 0.25) is 5.69 Å². The molecule has 0 bridgehead atoms. The Morgan fingerprint density at radius 2 is 2.17 bits per heavy atom. The summed E-state index contributed by atoms with van der Waals surface area (Å²) >= 11 is 6.55. The van der Waals surface area contributed by atoms with Crippen LogP contribution in [0.5, 0.6) is 0 Å². The van der Waals surface area contributed by atoms with Gasteiger partial charge in [-0.2, -0.15) is 0 Å². The standard InChI is InChI=1S/C10H6ClN3O3S/c11-6-3-1-2-5(4-6)8(15)12-9-7(10(16)17)13-14-18-9/h1-4H,(H,12,15)(H,16,17). The molecule has 0 saturated carbocycles. The summed E-state index contributed by atoms with van der Waals surface area (Å²) in [7, 11) is 0. The summed E-state index contributed by atoms with van der Waals surface area (Å²) in [4.78, 5) is 22.6. The van der Waals surface area contributed by atoms with Gasteiger partial charge in [0, 0.05) is 22.1 Å². The number of nitrogens with one attached hydrogen (secondary N) is 1. The third-order valence-corrected chi connectivity index (χ3v) is 2.88. The quantitative estimate of drug-likeness (QED) is 0.900. The summed E-state index contributed by atoms with van der Waals surface area (Å²) in [6.07, 6.45) is 0. The molecule has 2 N–H and O–H groups in total. The SMILES string of the molecule is O=C(Nc1snnc1C(=O)O)c1cccc(Cl)c1. The molecular weight excluding hydrogens is 278 g/mol. The van der Waals surface area contributed by atoms with E-state index in [2.05, 4.69) is 14.9 Å². The lowest BCUT2D eigenvalue weighted by Crippen LogP contribution is -2.13. The van der Waals surface area contributed by atoms with Gasteiger partial charge in [-0.3, -0.25) is 4.79 Å². The number of rotatable bonds is 3. The molecule has 0 unspecified atom stereocenters. The number of aromatic nitrogens is 2. The highest BCUT2D eigenvalue weighted by Gasteiger charge is 2.18. The fourth-order valence-corrected chi connectivity index (χ4v) is 1.96. The van der Waals surface area contributed by atoms with Crippen molar-refractivity contribution in [1.82, 2.24) is 9.59 Å². The van der Waals surface area contributed by atoms with Crippen molar-refractivity contribution in [3.8, 4) is 0 Å². The lowest BCUT2D eigenvalue weighted by molar-refractivity contribution is 0.0691. The number of hydrogen-bond donors (Lipinski definition) is 2. The average molecular weight is 284 g/mol. The second kappa shape index (κ2) is 5.11. The predicted octanol–water partition coefficient (Wildman–Crippen LogP) is 2.14. The lowest BCUT2D eigenvalue weighted by Gasteiger charge is -2.02. The summed E-state index contributed by atoms with van der Waals surface area (Å²) < 4.78 is 3.48. The molecule has 2 aromatic rings. The molecule has 0 aliphatic rings. The Kier molecular flexibility index (Phi) is 3.54. The Balaban J connectivity index is 2.21. The zero-order chi connectivity index (χ0) is 13.1. The van der Waals surface area contributed by atoms with E-state index in [1.165, 1.54) is 6.07 Å². The predicted molar refractivity (Wildman–Crippen MR) is 66.3 cm³/mol. The van der Waals surface area contributed by atoms with E-state index < -0.39 is 11.9 Å². The van der Waals surface area contributed by atoms with Crippen molar-refractivity contribution in [3.63, 3.8) is 0 Å². The monoisotopic (exact) mass is 283 g/mol. The first-order valence-corrected chi connectivity index (χ1v) is 5.85. The number of carboxylic acids is 1. The van der Waals surface area contributed by atoms with Gasteiger partial charge in [0.05, 0.1) is 0 Å². The molecule has 92 valence electrons. The summed E-state index contributed by atoms with van der Waals surface area (Å²) in [5.41, 5.74) is 0.0441. The largest absolute Gasteiger partial charge is 0.476 e. The minimum absolute atomic E-state index is 0.0903. The minimum atomic E-state index is -1.25. The molecule has 0 spiro atoms. The van der Waals surface area contributed by atoms with Crippen molar-refractivity contribution in [2.75, 3.05) is 5.32 Å². The Morgan fingerprint density at radius 1 is 1.39 bits per heavy atom. The maximum atomic E-state index is 11.8. The van der Waals surface area contributed by atoms with Crippen molar-refractivity contribution in [2.24, 2.45) is 0 Å². The zero-order valence-electron chi connectivity index (χ0n) is 8.75. The van der Waals surface area contributed by atoms with E-state index in [1.54, 1.807) is 18.2 Å². The number of carboxylic acid groups (broad SMARTS) is 1. The highest BCUT2D eigenvalue weighted by atomic mass is 35.5. The van der Waals surface area contributed by atoms with Crippen LogP contribution in [0.15, 0.2) is 24.3 Å². The molecule has 0 aliphatic heterocycles. The van der Waals surface area contributed by atoms with Gasteiger partial charge in [0.25, 0.3) is 5.91 Å². The van der Waals surface area contributed by atoms with Gasteiger partial charge in [-0.25, -0.2) is 4.79 Å². The first-order valence-electron chi connectivity index (χ1n) is 4.70. The van der Waals surface area contributed by atoms with Crippen LogP contribution in [0.4, 0.5) is 5.00 Å². The fourth-order valence-electron chi connectivity index (χ4n) is 1.22. The summed E-state index contributed by atoms with van der Waals surface area (Å²) in [6, 6.07) is 6.30. The highest BCUT2D eigenvalue weighted by Crippen LogP contribution is 2.19. The molecule has 18 heavy (non-hydrogen) atoms. The number of halogens is 1. The normalized spacial score (nSPS) is 10.1. The lowest BCUT2D eigenvalue weighted by atomic mass is 10.2. The van der Waals surface area contributed by atoms with Gasteiger partial charge in [-0.1, -0.05) is 22.2 Å².